The molecule has 0 amide bonds. The van der Waals surface area contributed by atoms with Crippen molar-refractivity contribution in [1.29, 1.82) is 0 Å². The molecule has 0 aliphatic rings. The molecule has 1 aromatic carbocycles. The summed E-state index contributed by atoms with van der Waals surface area (Å²) in [7, 11) is 0. The Labute approximate surface area is 130 Å². The van der Waals surface area contributed by atoms with Gasteiger partial charge < -0.3 is 4.85 Å². The van der Waals surface area contributed by atoms with Gasteiger partial charge in [-0.25, -0.2) is 13.8 Å². The fourth-order valence-electron chi connectivity index (χ4n) is 2.55. The van der Waals surface area contributed by atoms with Crippen LogP contribution < -0.4 is 0 Å². The summed E-state index contributed by atoms with van der Waals surface area (Å²) in [5.41, 5.74) is 4.13. The number of imidazole rings is 1. The van der Waals surface area contributed by atoms with Gasteiger partial charge >= 0.3 is 0 Å². The highest BCUT2D eigenvalue weighted by atomic mass is 19.1. The van der Waals surface area contributed by atoms with Gasteiger partial charge in [0, 0.05) is 22.8 Å². The molecule has 0 saturated carbocycles. The lowest BCUT2D eigenvalue weighted by Crippen LogP contribution is -1.88. The van der Waals surface area contributed by atoms with E-state index in [9.17, 15) is 4.39 Å². The van der Waals surface area contributed by atoms with E-state index in [1.165, 1.54) is 12.1 Å². The first-order valence-electron chi connectivity index (χ1n) is 6.90. The molecule has 0 saturated heterocycles. The number of benzene rings is 1. The molecule has 4 aromatic rings. The third-order valence-corrected chi connectivity index (χ3v) is 3.68. The molecule has 110 valence electrons. The van der Waals surface area contributed by atoms with Crippen LogP contribution in [0.2, 0.25) is 0 Å². The maximum Gasteiger partial charge on any atom is 0.254 e. The largest absolute Gasteiger partial charge is 0.362 e. The van der Waals surface area contributed by atoms with Crippen molar-refractivity contribution < 1.29 is 4.39 Å². The van der Waals surface area contributed by atoms with E-state index in [-0.39, 0.29) is 5.82 Å². The number of pyridine rings is 1. The number of nitrogens with zero attached hydrogens (tertiary/aromatic N) is 4. The zero-order chi connectivity index (χ0) is 15.8. The number of aromatic amines is 1. The Morgan fingerprint density at radius 2 is 1.83 bits per heavy atom. The number of rotatable bonds is 2. The van der Waals surface area contributed by atoms with Gasteiger partial charge in [0.05, 0.1) is 24.3 Å². The predicted molar refractivity (Wildman–Crippen MR) is 84.4 cm³/mol. The molecule has 0 bridgehead atoms. The van der Waals surface area contributed by atoms with E-state index in [2.05, 4.69) is 20.0 Å². The van der Waals surface area contributed by atoms with Gasteiger partial charge in [-0.05, 0) is 30.3 Å². The molecule has 3 aromatic heterocycles. The van der Waals surface area contributed by atoms with Gasteiger partial charge in [0.2, 0.25) is 5.65 Å². The summed E-state index contributed by atoms with van der Waals surface area (Å²) in [5, 5.41) is 7.06. The van der Waals surface area contributed by atoms with Crippen LogP contribution in [0.25, 0.3) is 32.9 Å². The van der Waals surface area contributed by atoms with Crippen LogP contribution in [0.5, 0.6) is 0 Å². The minimum Gasteiger partial charge on any atom is -0.362 e. The summed E-state index contributed by atoms with van der Waals surface area (Å²) in [5.74, 6) is 0.171. The molecule has 0 unspecified atom stereocenters. The lowest BCUT2D eigenvalue weighted by atomic mass is 10.0. The number of nitrogens with one attached hydrogen (secondary N) is 1. The predicted octanol–water partition coefficient (Wildman–Crippen LogP) is 4.08. The highest BCUT2D eigenvalue weighted by molar-refractivity contribution is 5.80. The molecule has 3 heterocycles. The Morgan fingerprint density at radius 1 is 1.04 bits per heavy atom. The Hall–Kier alpha value is -3.46. The van der Waals surface area contributed by atoms with E-state index >= 15 is 0 Å². The van der Waals surface area contributed by atoms with E-state index in [1.807, 2.05) is 18.3 Å². The number of H-pyrrole nitrogens is 1. The third kappa shape index (κ3) is 2.15. The lowest BCUT2D eigenvalue weighted by molar-refractivity contribution is 0.628. The summed E-state index contributed by atoms with van der Waals surface area (Å²) in [4.78, 5) is 7.64. The summed E-state index contributed by atoms with van der Waals surface area (Å²) in [6.45, 7) is 7.19. The van der Waals surface area contributed by atoms with Crippen molar-refractivity contribution in [1.82, 2.24) is 19.6 Å². The monoisotopic (exact) mass is 303 g/mol. The summed E-state index contributed by atoms with van der Waals surface area (Å²) in [6, 6.07) is 10.0. The first-order chi connectivity index (χ1) is 11.3. The van der Waals surface area contributed by atoms with Gasteiger partial charge in [0.15, 0.2) is 0 Å². The topological polar surface area (TPSA) is 50.3 Å². The molecule has 0 aliphatic heterocycles. The second kappa shape index (κ2) is 5.07. The SMILES string of the molecule is [C-]#[N+]c1cnc2ccc(-c3cn[nH]c3-c3ccc(F)cc3)cn12. The molecule has 23 heavy (non-hydrogen) atoms. The van der Waals surface area contributed by atoms with Crippen LogP contribution in [0.15, 0.2) is 55.0 Å². The van der Waals surface area contributed by atoms with E-state index in [0.29, 0.717) is 11.5 Å². The third-order valence-electron chi connectivity index (χ3n) is 3.68. The molecule has 5 nitrogen and oxygen atoms in total. The fourth-order valence-corrected chi connectivity index (χ4v) is 2.55. The van der Waals surface area contributed by atoms with Gasteiger partial charge in [-0.3, -0.25) is 5.10 Å². The van der Waals surface area contributed by atoms with Crippen LogP contribution in [0.4, 0.5) is 10.2 Å². The smallest absolute Gasteiger partial charge is 0.254 e. The molecule has 0 fully saturated rings. The summed E-state index contributed by atoms with van der Waals surface area (Å²) >= 11 is 0. The van der Waals surface area contributed by atoms with Crippen molar-refractivity contribution in [3.8, 4) is 22.4 Å². The van der Waals surface area contributed by atoms with E-state index in [0.717, 1.165) is 22.4 Å². The van der Waals surface area contributed by atoms with Crippen LogP contribution >= 0.6 is 0 Å². The second-order valence-electron chi connectivity index (χ2n) is 5.04. The van der Waals surface area contributed by atoms with Crippen LogP contribution in [0.1, 0.15) is 0 Å². The van der Waals surface area contributed by atoms with E-state index < -0.39 is 0 Å². The molecule has 1 N–H and O–H groups in total. The summed E-state index contributed by atoms with van der Waals surface area (Å²) in [6.07, 6.45) is 5.12. The number of halogens is 1. The van der Waals surface area contributed by atoms with Crippen LogP contribution in [-0.4, -0.2) is 19.6 Å². The molecule has 4 rings (SSSR count). The van der Waals surface area contributed by atoms with Gasteiger partial charge in [-0.1, -0.05) is 6.57 Å². The zero-order valence-electron chi connectivity index (χ0n) is 11.9. The van der Waals surface area contributed by atoms with Crippen molar-refractivity contribution in [2.45, 2.75) is 0 Å². The Kier molecular flexibility index (Phi) is 2.91. The highest BCUT2D eigenvalue weighted by Crippen LogP contribution is 2.31. The van der Waals surface area contributed by atoms with Crippen molar-refractivity contribution >= 4 is 11.5 Å². The van der Waals surface area contributed by atoms with Gasteiger partial charge in [-0.2, -0.15) is 5.10 Å². The minimum atomic E-state index is -0.281. The molecule has 0 aliphatic carbocycles. The first kappa shape index (κ1) is 13.2. The van der Waals surface area contributed by atoms with E-state index in [4.69, 9.17) is 6.57 Å². The Bertz CT molecular complexity index is 1040. The highest BCUT2D eigenvalue weighted by Gasteiger charge is 2.13. The molecular formula is C17H10FN5. The second-order valence-corrected chi connectivity index (χ2v) is 5.04. The average molecular weight is 303 g/mol. The average Bonchev–Trinajstić information content (AvgIpc) is 3.21. The lowest BCUT2D eigenvalue weighted by Gasteiger charge is -2.04. The molecule has 0 atom stereocenters. The standard InChI is InChI=1S/C17H10FN5/c1-19-16-9-20-15-7-4-12(10-23(15)16)14-8-21-22-17(14)11-2-5-13(18)6-3-11/h2-10H,(H,21,22). The van der Waals surface area contributed by atoms with Gasteiger partial charge in [-0.15, -0.1) is 0 Å². The van der Waals surface area contributed by atoms with Gasteiger partial charge in [0.25, 0.3) is 5.82 Å². The number of hydrogen-bond donors (Lipinski definition) is 1. The zero-order valence-corrected chi connectivity index (χ0v) is 11.9. The number of aromatic nitrogens is 4. The van der Waals surface area contributed by atoms with Crippen LogP contribution in [0.3, 0.4) is 0 Å². The molecule has 0 radical (unpaired) electrons. The van der Waals surface area contributed by atoms with Gasteiger partial charge in [0.1, 0.15) is 5.82 Å². The molecule has 6 heteroatoms. The minimum absolute atomic E-state index is 0.281. The van der Waals surface area contributed by atoms with Crippen LogP contribution in [-0.2, 0) is 0 Å². The Morgan fingerprint density at radius 3 is 2.61 bits per heavy atom. The maximum absolute atomic E-state index is 13.1. The Balaban J connectivity index is 1.87. The number of fused-ring (bicyclic) bond motifs is 1. The van der Waals surface area contributed by atoms with Crippen LogP contribution in [0, 0.1) is 12.4 Å². The van der Waals surface area contributed by atoms with Crippen molar-refractivity contribution in [3.05, 3.63) is 72.2 Å². The van der Waals surface area contributed by atoms with Crippen molar-refractivity contribution in [2.75, 3.05) is 0 Å². The normalized spacial score (nSPS) is 10.8. The number of hydrogen-bond acceptors (Lipinski definition) is 2. The molecule has 0 spiro atoms. The fraction of sp³-hybridized carbons (Fsp3) is 0. The quantitative estimate of drug-likeness (QED) is 0.567. The van der Waals surface area contributed by atoms with Crippen molar-refractivity contribution in [3.63, 3.8) is 0 Å². The maximum atomic E-state index is 13.1. The first-order valence-corrected chi connectivity index (χ1v) is 6.90. The summed E-state index contributed by atoms with van der Waals surface area (Å²) < 4.78 is 14.8. The molecular weight excluding hydrogens is 293 g/mol. The van der Waals surface area contributed by atoms with E-state index in [1.54, 1.807) is 28.9 Å². The van der Waals surface area contributed by atoms with Crippen molar-refractivity contribution in [2.24, 2.45) is 0 Å².